The molecule has 1 aliphatic carbocycles. The van der Waals surface area contributed by atoms with Gasteiger partial charge in [-0.1, -0.05) is 13.3 Å². The number of hydrogen-bond acceptors (Lipinski definition) is 4. The fourth-order valence-electron chi connectivity index (χ4n) is 3.32. The van der Waals surface area contributed by atoms with E-state index in [0.29, 0.717) is 24.4 Å². The number of carbonyl (C=O) groups is 1. The van der Waals surface area contributed by atoms with E-state index in [1.165, 1.54) is 12.1 Å². The van der Waals surface area contributed by atoms with Crippen LogP contribution in [0, 0.1) is 0 Å². The normalized spacial score (nSPS) is 21.0. The van der Waals surface area contributed by atoms with Crippen molar-refractivity contribution in [2.75, 3.05) is 25.4 Å². The van der Waals surface area contributed by atoms with Crippen molar-refractivity contribution in [1.29, 1.82) is 0 Å². The Balaban J connectivity index is 1.82. The van der Waals surface area contributed by atoms with Gasteiger partial charge in [0, 0.05) is 46.5 Å². The molecule has 2 rings (SSSR count). The van der Waals surface area contributed by atoms with Gasteiger partial charge in [0.1, 0.15) is 5.75 Å². The number of rotatable bonds is 8. The quantitative estimate of drug-likeness (QED) is 0.298. The number of phenolic OH excluding ortho intramolecular Hbond substituents is 1. The lowest BCUT2D eigenvalue weighted by Gasteiger charge is -2.30. The minimum absolute atomic E-state index is 0.134. The Morgan fingerprint density at radius 1 is 1.21 bits per heavy atom. The molecule has 3 atom stereocenters. The Bertz CT molecular complexity index is 679. The van der Waals surface area contributed by atoms with Crippen LogP contribution in [0.1, 0.15) is 49.9 Å². The maximum Gasteiger partial charge on any atom is 0.251 e. The van der Waals surface area contributed by atoms with Gasteiger partial charge in [-0.3, -0.25) is 14.0 Å². The van der Waals surface area contributed by atoms with Crippen molar-refractivity contribution in [3.05, 3.63) is 29.8 Å². The van der Waals surface area contributed by atoms with Gasteiger partial charge in [0.15, 0.2) is 5.96 Å². The Hall–Kier alpha value is -2.09. The van der Waals surface area contributed by atoms with Gasteiger partial charge in [0.25, 0.3) is 5.91 Å². The number of aromatic hydroxyl groups is 1. The van der Waals surface area contributed by atoms with Crippen LogP contribution >= 0.6 is 0 Å². The maximum absolute atomic E-state index is 12.1. The molecule has 156 valence electrons. The van der Waals surface area contributed by atoms with Gasteiger partial charge in [0.2, 0.25) is 0 Å². The summed E-state index contributed by atoms with van der Waals surface area (Å²) in [6.07, 6.45) is 4.08. The molecule has 1 aliphatic rings. The van der Waals surface area contributed by atoms with Crippen LogP contribution in [0.3, 0.4) is 0 Å². The second-order valence-electron chi connectivity index (χ2n) is 6.86. The van der Waals surface area contributed by atoms with E-state index < -0.39 is 10.8 Å². The van der Waals surface area contributed by atoms with Gasteiger partial charge in [-0.25, -0.2) is 0 Å². The third kappa shape index (κ3) is 7.14. The van der Waals surface area contributed by atoms with Crippen molar-refractivity contribution in [2.24, 2.45) is 4.99 Å². The largest absolute Gasteiger partial charge is 0.508 e. The number of amides is 1. The molecule has 0 aromatic heterocycles. The lowest BCUT2D eigenvalue weighted by molar-refractivity contribution is 0.0955. The second-order valence-corrected chi connectivity index (χ2v) is 8.87. The molecule has 0 radical (unpaired) electrons. The first-order valence-electron chi connectivity index (χ1n) is 10.0. The summed E-state index contributed by atoms with van der Waals surface area (Å²) < 4.78 is 12.1. The number of nitrogens with one attached hydrogen (secondary N) is 3. The lowest BCUT2D eigenvalue weighted by atomic mass is 9.95. The summed E-state index contributed by atoms with van der Waals surface area (Å²) >= 11 is 0. The number of nitrogens with zero attached hydrogens (tertiary/aromatic N) is 1. The molecule has 3 unspecified atom stereocenters. The molecule has 0 bridgehead atoms. The van der Waals surface area contributed by atoms with Crippen LogP contribution in [0.25, 0.3) is 0 Å². The zero-order valence-corrected chi connectivity index (χ0v) is 17.6. The van der Waals surface area contributed by atoms with Gasteiger partial charge < -0.3 is 21.1 Å². The molecule has 0 saturated heterocycles. The van der Waals surface area contributed by atoms with Crippen molar-refractivity contribution in [3.8, 4) is 5.75 Å². The molecular formula is C20H32N4O3S. The number of hydrogen-bond donors (Lipinski definition) is 4. The lowest BCUT2D eigenvalue weighted by Crippen LogP contribution is -2.47. The summed E-state index contributed by atoms with van der Waals surface area (Å²) in [4.78, 5) is 16.6. The van der Waals surface area contributed by atoms with Crippen molar-refractivity contribution < 1.29 is 14.1 Å². The van der Waals surface area contributed by atoms with Crippen molar-refractivity contribution in [3.63, 3.8) is 0 Å². The molecule has 1 amide bonds. The van der Waals surface area contributed by atoms with Crippen molar-refractivity contribution >= 4 is 22.7 Å². The molecule has 7 nitrogen and oxygen atoms in total. The highest BCUT2D eigenvalue weighted by Gasteiger charge is 2.26. The predicted molar refractivity (Wildman–Crippen MR) is 114 cm³/mol. The number of benzene rings is 1. The standard InChI is InChI=1S/C20H32N4O3S/c1-3-21-20(24-16-6-5-7-18(14-16)28(27)4-2)23-13-12-22-19(26)15-8-10-17(25)11-9-15/h8-11,16,18,25H,3-7,12-14H2,1-2H3,(H,22,26)(H2,21,23,24). The SMILES string of the molecule is CCNC(=NCCNC(=O)c1ccc(O)cc1)NC1CCCC(S(=O)CC)C1. The highest BCUT2D eigenvalue weighted by molar-refractivity contribution is 7.85. The molecule has 1 aromatic carbocycles. The average Bonchev–Trinajstić information content (AvgIpc) is 2.71. The second kappa shape index (κ2) is 11.7. The molecule has 4 N–H and O–H groups in total. The topological polar surface area (TPSA) is 103 Å². The first-order valence-corrected chi connectivity index (χ1v) is 11.4. The van der Waals surface area contributed by atoms with Gasteiger partial charge in [0.05, 0.1) is 6.54 Å². The fraction of sp³-hybridized carbons (Fsp3) is 0.600. The molecule has 1 fully saturated rings. The van der Waals surface area contributed by atoms with Crippen LogP contribution in [-0.2, 0) is 10.8 Å². The summed E-state index contributed by atoms with van der Waals surface area (Å²) in [7, 11) is -0.748. The highest BCUT2D eigenvalue weighted by atomic mass is 32.2. The van der Waals surface area contributed by atoms with E-state index in [4.69, 9.17) is 0 Å². The molecule has 0 spiro atoms. The summed E-state index contributed by atoms with van der Waals surface area (Å²) in [5.74, 6) is 1.39. The maximum atomic E-state index is 12.1. The monoisotopic (exact) mass is 408 g/mol. The fourth-order valence-corrected chi connectivity index (χ4v) is 4.66. The molecule has 28 heavy (non-hydrogen) atoms. The number of phenols is 1. The first kappa shape index (κ1) is 22.2. The predicted octanol–water partition coefficient (Wildman–Crippen LogP) is 1.76. The number of carbonyl (C=O) groups excluding carboxylic acids is 1. The van der Waals surface area contributed by atoms with Gasteiger partial charge in [-0.15, -0.1) is 0 Å². The molecular weight excluding hydrogens is 376 g/mol. The molecule has 0 heterocycles. The van der Waals surface area contributed by atoms with Gasteiger partial charge in [-0.05, 0) is 50.5 Å². The molecule has 1 saturated carbocycles. The van der Waals surface area contributed by atoms with Crippen LogP contribution in [0.15, 0.2) is 29.3 Å². The van der Waals surface area contributed by atoms with Gasteiger partial charge >= 0.3 is 0 Å². The minimum atomic E-state index is -0.748. The number of guanidine groups is 1. The van der Waals surface area contributed by atoms with E-state index in [1.807, 2.05) is 13.8 Å². The van der Waals surface area contributed by atoms with E-state index >= 15 is 0 Å². The third-order valence-corrected chi connectivity index (χ3v) is 6.50. The van der Waals surface area contributed by atoms with Crippen molar-refractivity contribution in [1.82, 2.24) is 16.0 Å². The molecule has 1 aromatic rings. The smallest absolute Gasteiger partial charge is 0.251 e. The van der Waals surface area contributed by atoms with Crippen molar-refractivity contribution in [2.45, 2.75) is 50.8 Å². The van der Waals surface area contributed by atoms with E-state index in [2.05, 4.69) is 20.9 Å². The highest BCUT2D eigenvalue weighted by Crippen LogP contribution is 2.22. The van der Waals surface area contributed by atoms with E-state index in [-0.39, 0.29) is 22.9 Å². The Morgan fingerprint density at radius 3 is 2.64 bits per heavy atom. The average molecular weight is 409 g/mol. The minimum Gasteiger partial charge on any atom is -0.508 e. The first-order chi connectivity index (χ1) is 13.5. The zero-order valence-electron chi connectivity index (χ0n) is 16.7. The van der Waals surface area contributed by atoms with Crippen LogP contribution in [0.5, 0.6) is 5.75 Å². The van der Waals surface area contributed by atoms with Crippen LogP contribution in [0.2, 0.25) is 0 Å². The number of aliphatic imine (C=N–C) groups is 1. The Kier molecular flexibility index (Phi) is 9.27. The summed E-state index contributed by atoms with van der Waals surface area (Å²) in [6.45, 7) is 5.62. The Morgan fingerprint density at radius 2 is 1.96 bits per heavy atom. The molecule has 0 aliphatic heterocycles. The van der Waals surface area contributed by atoms with E-state index in [1.54, 1.807) is 12.1 Å². The summed E-state index contributed by atoms with van der Waals surface area (Å²) in [5.41, 5.74) is 0.504. The summed E-state index contributed by atoms with van der Waals surface area (Å²) in [5, 5.41) is 19.1. The van der Waals surface area contributed by atoms with Crippen LogP contribution in [-0.4, -0.2) is 57.9 Å². The Labute approximate surface area is 169 Å². The van der Waals surface area contributed by atoms with Gasteiger partial charge in [-0.2, -0.15) is 0 Å². The van der Waals surface area contributed by atoms with E-state index in [9.17, 15) is 14.1 Å². The third-order valence-electron chi connectivity index (χ3n) is 4.76. The summed E-state index contributed by atoms with van der Waals surface area (Å²) in [6, 6.07) is 6.42. The molecule has 8 heteroatoms. The zero-order chi connectivity index (χ0) is 20.4. The van der Waals surface area contributed by atoms with E-state index in [0.717, 1.165) is 38.2 Å². The van der Waals surface area contributed by atoms with Crippen LogP contribution < -0.4 is 16.0 Å². The van der Waals surface area contributed by atoms with Crippen LogP contribution in [0.4, 0.5) is 0 Å².